The zero-order valence-electron chi connectivity index (χ0n) is 8.33. The second kappa shape index (κ2) is 4.59. The molecule has 2 rings (SSSR count). The summed E-state index contributed by atoms with van der Waals surface area (Å²) in [6, 6.07) is 0.311. The number of aromatic nitrogens is 2. The van der Waals surface area contributed by atoms with Crippen LogP contribution in [-0.4, -0.2) is 33.2 Å². The van der Waals surface area contributed by atoms with Crippen molar-refractivity contribution in [3.63, 3.8) is 0 Å². The van der Waals surface area contributed by atoms with Crippen LogP contribution in [0.1, 0.15) is 25.7 Å². The van der Waals surface area contributed by atoms with Crippen LogP contribution in [0.15, 0.2) is 12.4 Å². The molecule has 0 saturated heterocycles. The SMILES string of the molecule is OB(O)c1cnc(OC2CCCC2)nc1. The van der Waals surface area contributed by atoms with Gasteiger partial charge in [0.15, 0.2) is 0 Å². The van der Waals surface area contributed by atoms with Crippen molar-refractivity contribution in [3.8, 4) is 6.01 Å². The molecule has 0 radical (unpaired) electrons. The monoisotopic (exact) mass is 208 g/mol. The minimum absolute atomic E-state index is 0.217. The Labute approximate surface area is 88.3 Å². The average molecular weight is 208 g/mol. The smallest absolute Gasteiger partial charge is 0.460 e. The Bertz CT molecular complexity index is 312. The highest BCUT2D eigenvalue weighted by atomic mass is 16.5. The predicted molar refractivity (Wildman–Crippen MR) is 54.7 cm³/mol. The molecule has 1 aliphatic carbocycles. The molecule has 1 aliphatic rings. The van der Waals surface area contributed by atoms with Crippen molar-refractivity contribution in [1.82, 2.24) is 9.97 Å². The van der Waals surface area contributed by atoms with Gasteiger partial charge in [0.1, 0.15) is 6.10 Å². The number of rotatable bonds is 3. The average Bonchev–Trinajstić information content (AvgIpc) is 2.71. The van der Waals surface area contributed by atoms with E-state index in [9.17, 15) is 0 Å². The summed E-state index contributed by atoms with van der Waals surface area (Å²) in [5.41, 5.74) is 0.272. The molecule has 1 saturated carbocycles. The minimum Gasteiger partial charge on any atom is -0.460 e. The van der Waals surface area contributed by atoms with Crippen LogP contribution >= 0.6 is 0 Å². The van der Waals surface area contributed by atoms with Crippen molar-refractivity contribution in [3.05, 3.63) is 12.4 Å². The molecule has 0 unspecified atom stereocenters. The van der Waals surface area contributed by atoms with Gasteiger partial charge in [-0.2, -0.15) is 0 Å². The van der Waals surface area contributed by atoms with E-state index >= 15 is 0 Å². The zero-order valence-corrected chi connectivity index (χ0v) is 8.33. The maximum atomic E-state index is 8.83. The molecule has 80 valence electrons. The van der Waals surface area contributed by atoms with Crippen LogP contribution in [0.4, 0.5) is 0 Å². The summed E-state index contributed by atoms with van der Waals surface area (Å²) in [6.45, 7) is 0. The molecule has 1 aromatic heterocycles. The molecular formula is C9H13BN2O3. The Morgan fingerprint density at radius 2 is 1.80 bits per heavy atom. The molecule has 1 heterocycles. The quantitative estimate of drug-likeness (QED) is 0.653. The fourth-order valence-electron chi connectivity index (χ4n) is 1.68. The molecule has 0 bridgehead atoms. The Balaban J connectivity index is 1.97. The van der Waals surface area contributed by atoms with Crippen LogP contribution in [0, 0.1) is 0 Å². The van der Waals surface area contributed by atoms with E-state index in [1.807, 2.05) is 0 Å². The summed E-state index contributed by atoms with van der Waals surface area (Å²) in [5, 5.41) is 17.7. The first-order valence-corrected chi connectivity index (χ1v) is 5.10. The van der Waals surface area contributed by atoms with Crippen LogP contribution in [0.3, 0.4) is 0 Å². The zero-order chi connectivity index (χ0) is 10.7. The van der Waals surface area contributed by atoms with Gasteiger partial charge in [-0.3, -0.25) is 0 Å². The molecule has 2 N–H and O–H groups in total. The topological polar surface area (TPSA) is 75.5 Å². The summed E-state index contributed by atoms with van der Waals surface area (Å²) in [5.74, 6) is 0. The standard InChI is InChI=1S/C9H13BN2O3/c13-10(14)7-5-11-9(12-6-7)15-8-3-1-2-4-8/h5-6,8,13-14H,1-4H2. The Morgan fingerprint density at radius 3 is 2.33 bits per heavy atom. The number of hydrogen-bond acceptors (Lipinski definition) is 5. The molecular weight excluding hydrogens is 195 g/mol. The first kappa shape index (κ1) is 10.4. The van der Waals surface area contributed by atoms with Gasteiger partial charge in [0.05, 0.1) is 0 Å². The lowest BCUT2D eigenvalue weighted by Crippen LogP contribution is -2.30. The van der Waals surface area contributed by atoms with Gasteiger partial charge in [0.2, 0.25) is 0 Å². The maximum absolute atomic E-state index is 8.83. The van der Waals surface area contributed by atoms with Gasteiger partial charge in [0.25, 0.3) is 0 Å². The largest absolute Gasteiger partial charge is 0.491 e. The highest BCUT2D eigenvalue weighted by Crippen LogP contribution is 2.21. The van der Waals surface area contributed by atoms with Gasteiger partial charge in [0, 0.05) is 17.9 Å². The molecule has 0 amide bonds. The predicted octanol–water partition coefficient (Wildman–Crippen LogP) is -0.522. The van der Waals surface area contributed by atoms with Crippen LogP contribution in [0.25, 0.3) is 0 Å². The second-order valence-corrected chi connectivity index (χ2v) is 3.70. The van der Waals surface area contributed by atoms with E-state index in [1.165, 1.54) is 25.2 Å². The summed E-state index contributed by atoms with van der Waals surface area (Å²) < 4.78 is 5.52. The molecule has 1 aromatic rings. The lowest BCUT2D eigenvalue weighted by atomic mass is 9.83. The maximum Gasteiger partial charge on any atom is 0.491 e. The van der Waals surface area contributed by atoms with E-state index < -0.39 is 7.12 Å². The van der Waals surface area contributed by atoms with Gasteiger partial charge in [-0.05, 0) is 25.7 Å². The van der Waals surface area contributed by atoms with E-state index in [0.29, 0.717) is 6.01 Å². The number of nitrogens with zero attached hydrogens (tertiary/aromatic N) is 2. The van der Waals surface area contributed by atoms with Crippen LogP contribution in [0.5, 0.6) is 6.01 Å². The van der Waals surface area contributed by atoms with Crippen molar-refractivity contribution in [2.45, 2.75) is 31.8 Å². The minimum atomic E-state index is -1.52. The molecule has 0 atom stereocenters. The van der Waals surface area contributed by atoms with Crippen molar-refractivity contribution < 1.29 is 14.8 Å². The normalized spacial score (nSPS) is 16.7. The van der Waals surface area contributed by atoms with Crippen molar-refractivity contribution in [1.29, 1.82) is 0 Å². The number of hydrogen-bond donors (Lipinski definition) is 2. The second-order valence-electron chi connectivity index (χ2n) is 3.70. The van der Waals surface area contributed by atoms with Crippen molar-refractivity contribution in [2.24, 2.45) is 0 Å². The summed E-state index contributed by atoms with van der Waals surface area (Å²) in [7, 11) is -1.52. The molecule has 1 fully saturated rings. The Kier molecular flexibility index (Phi) is 3.18. The van der Waals surface area contributed by atoms with Crippen LogP contribution < -0.4 is 10.2 Å². The van der Waals surface area contributed by atoms with E-state index in [0.717, 1.165) is 12.8 Å². The fraction of sp³-hybridized carbons (Fsp3) is 0.556. The van der Waals surface area contributed by atoms with Crippen molar-refractivity contribution in [2.75, 3.05) is 0 Å². The van der Waals surface area contributed by atoms with Gasteiger partial charge < -0.3 is 14.8 Å². The summed E-state index contributed by atoms with van der Waals surface area (Å²) >= 11 is 0. The molecule has 6 heteroatoms. The van der Waals surface area contributed by atoms with E-state index in [-0.39, 0.29) is 11.6 Å². The third-order valence-electron chi connectivity index (χ3n) is 2.52. The van der Waals surface area contributed by atoms with E-state index in [1.54, 1.807) is 0 Å². The molecule has 0 aromatic carbocycles. The highest BCUT2D eigenvalue weighted by Gasteiger charge is 2.18. The van der Waals surface area contributed by atoms with Gasteiger partial charge in [-0.15, -0.1) is 0 Å². The van der Waals surface area contributed by atoms with Crippen LogP contribution in [-0.2, 0) is 0 Å². The van der Waals surface area contributed by atoms with Crippen molar-refractivity contribution >= 4 is 12.6 Å². The molecule has 15 heavy (non-hydrogen) atoms. The highest BCUT2D eigenvalue weighted by molar-refractivity contribution is 6.58. The Morgan fingerprint density at radius 1 is 1.20 bits per heavy atom. The van der Waals surface area contributed by atoms with E-state index in [2.05, 4.69) is 9.97 Å². The Hall–Kier alpha value is -1.14. The molecule has 5 nitrogen and oxygen atoms in total. The summed E-state index contributed by atoms with van der Waals surface area (Å²) in [4.78, 5) is 7.82. The van der Waals surface area contributed by atoms with Gasteiger partial charge in [-0.25, -0.2) is 9.97 Å². The fourth-order valence-corrected chi connectivity index (χ4v) is 1.68. The first-order chi connectivity index (χ1) is 7.25. The first-order valence-electron chi connectivity index (χ1n) is 5.10. The molecule has 0 aliphatic heterocycles. The van der Waals surface area contributed by atoms with Gasteiger partial charge >= 0.3 is 13.1 Å². The molecule has 0 spiro atoms. The van der Waals surface area contributed by atoms with Gasteiger partial charge in [-0.1, -0.05) is 0 Å². The number of ether oxygens (including phenoxy) is 1. The lowest BCUT2D eigenvalue weighted by Gasteiger charge is -2.10. The summed E-state index contributed by atoms with van der Waals surface area (Å²) in [6.07, 6.45) is 7.43. The van der Waals surface area contributed by atoms with Crippen LogP contribution in [0.2, 0.25) is 0 Å². The lowest BCUT2D eigenvalue weighted by molar-refractivity contribution is 0.192. The third-order valence-corrected chi connectivity index (χ3v) is 2.52. The third kappa shape index (κ3) is 2.67. The van der Waals surface area contributed by atoms with E-state index in [4.69, 9.17) is 14.8 Å².